The molecule has 0 spiro atoms. The van der Waals surface area contributed by atoms with E-state index in [0.717, 1.165) is 11.1 Å². The highest BCUT2D eigenvalue weighted by atomic mass is 16.6. The Morgan fingerprint density at radius 2 is 1.94 bits per heavy atom. The van der Waals surface area contributed by atoms with Crippen molar-refractivity contribution in [3.63, 3.8) is 0 Å². The third kappa shape index (κ3) is 1.07. The van der Waals surface area contributed by atoms with E-state index in [1.54, 1.807) is 6.26 Å². The van der Waals surface area contributed by atoms with Crippen LogP contribution in [0.4, 0.5) is 0 Å². The highest BCUT2D eigenvalue weighted by Crippen LogP contribution is 2.49. The van der Waals surface area contributed by atoms with Crippen molar-refractivity contribution in [2.75, 3.05) is 0 Å². The normalized spacial score (nSPS) is 29.2. The molecule has 3 aliphatic rings. The number of hydrogen-bond donors (Lipinski definition) is 0. The van der Waals surface area contributed by atoms with Crippen molar-refractivity contribution in [1.82, 2.24) is 0 Å². The first-order chi connectivity index (χ1) is 7.94. The van der Waals surface area contributed by atoms with Gasteiger partial charge in [-0.1, -0.05) is 13.8 Å². The van der Waals surface area contributed by atoms with E-state index in [4.69, 9.17) is 9.47 Å². The predicted molar refractivity (Wildman–Crippen MR) is 58.6 cm³/mol. The number of carbonyl (C=O) groups is 2. The van der Waals surface area contributed by atoms with Crippen LogP contribution in [0.3, 0.4) is 0 Å². The Morgan fingerprint density at radius 1 is 1.24 bits per heavy atom. The van der Waals surface area contributed by atoms with Crippen molar-refractivity contribution in [3.8, 4) is 0 Å². The summed E-state index contributed by atoms with van der Waals surface area (Å²) in [7, 11) is 0. The fourth-order valence-electron chi connectivity index (χ4n) is 2.82. The molecule has 2 heterocycles. The zero-order valence-corrected chi connectivity index (χ0v) is 9.87. The van der Waals surface area contributed by atoms with E-state index < -0.39 is 17.4 Å². The van der Waals surface area contributed by atoms with Crippen molar-refractivity contribution in [2.24, 2.45) is 5.41 Å². The molecule has 0 saturated heterocycles. The van der Waals surface area contributed by atoms with E-state index in [9.17, 15) is 9.59 Å². The van der Waals surface area contributed by atoms with Crippen LogP contribution in [-0.2, 0) is 19.1 Å². The molecular weight excluding hydrogens is 220 g/mol. The number of carbonyl (C=O) groups excluding carboxylic acids is 2. The van der Waals surface area contributed by atoms with Crippen LogP contribution < -0.4 is 0 Å². The van der Waals surface area contributed by atoms with E-state index in [0.29, 0.717) is 11.1 Å². The summed E-state index contributed by atoms with van der Waals surface area (Å²) >= 11 is 0. The molecule has 0 aromatic rings. The Labute approximate surface area is 98.6 Å². The van der Waals surface area contributed by atoms with E-state index in [1.807, 2.05) is 26.8 Å². The zero-order chi connectivity index (χ0) is 12.4. The molecule has 88 valence electrons. The van der Waals surface area contributed by atoms with Crippen molar-refractivity contribution < 1.29 is 19.1 Å². The molecule has 0 aromatic carbocycles. The first kappa shape index (κ1) is 10.3. The molecule has 4 nitrogen and oxygen atoms in total. The summed E-state index contributed by atoms with van der Waals surface area (Å²) in [5, 5.41) is 0. The second kappa shape index (κ2) is 2.88. The van der Waals surface area contributed by atoms with Gasteiger partial charge in [-0.25, -0.2) is 9.59 Å². The van der Waals surface area contributed by atoms with Gasteiger partial charge in [0.05, 0.1) is 17.4 Å². The van der Waals surface area contributed by atoms with Crippen LogP contribution in [0.1, 0.15) is 20.8 Å². The molecule has 1 aliphatic carbocycles. The minimum Gasteiger partial charge on any atom is -0.492 e. The van der Waals surface area contributed by atoms with Crippen molar-refractivity contribution >= 4 is 11.9 Å². The molecule has 2 aliphatic heterocycles. The van der Waals surface area contributed by atoms with Gasteiger partial charge in [0, 0.05) is 5.41 Å². The smallest absolute Gasteiger partial charge is 0.346 e. The van der Waals surface area contributed by atoms with Gasteiger partial charge in [0.15, 0.2) is 0 Å². The summed E-state index contributed by atoms with van der Waals surface area (Å²) < 4.78 is 10.3. The van der Waals surface area contributed by atoms with Gasteiger partial charge in [0.1, 0.15) is 6.10 Å². The molecule has 0 saturated carbocycles. The highest BCUT2D eigenvalue weighted by Gasteiger charge is 2.52. The summed E-state index contributed by atoms with van der Waals surface area (Å²) in [4.78, 5) is 23.5. The number of rotatable bonds is 0. The fourth-order valence-corrected chi connectivity index (χ4v) is 2.82. The van der Waals surface area contributed by atoms with Gasteiger partial charge >= 0.3 is 11.9 Å². The van der Waals surface area contributed by atoms with Gasteiger partial charge in [-0.15, -0.1) is 0 Å². The molecule has 4 heteroatoms. The number of cyclic esters (lactones) is 2. The lowest BCUT2D eigenvalue weighted by molar-refractivity contribution is -0.151. The van der Waals surface area contributed by atoms with Crippen molar-refractivity contribution in [3.05, 3.63) is 34.6 Å². The van der Waals surface area contributed by atoms with Crippen LogP contribution in [0.15, 0.2) is 34.6 Å². The molecule has 1 unspecified atom stereocenters. The SMILES string of the molecule is CC1=C2C=COC2C(C)(C)C2=C1C(=O)OC2=O. The molecule has 0 aromatic heterocycles. The number of esters is 2. The Hall–Kier alpha value is -1.84. The zero-order valence-electron chi connectivity index (χ0n) is 9.87. The first-order valence-corrected chi connectivity index (χ1v) is 5.49. The Kier molecular flexibility index (Phi) is 1.75. The summed E-state index contributed by atoms with van der Waals surface area (Å²) in [5.41, 5.74) is 2.06. The maximum atomic E-state index is 11.8. The van der Waals surface area contributed by atoms with Crippen LogP contribution in [-0.4, -0.2) is 18.0 Å². The monoisotopic (exact) mass is 232 g/mol. The van der Waals surface area contributed by atoms with Gasteiger partial charge in [-0.2, -0.15) is 0 Å². The largest absolute Gasteiger partial charge is 0.492 e. The molecule has 0 bridgehead atoms. The Bertz CT molecular complexity index is 546. The Morgan fingerprint density at radius 3 is 2.65 bits per heavy atom. The average Bonchev–Trinajstić information content (AvgIpc) is 2.80. The molecule has 3 rings (SSSR count). The van der Waals surface area contributed by atoms with Gasteiger partial charge in [-0.05, 0) is 24.1 Å². The van der Waals surface area contributed by atoms with E-state index in [-0.39, 0.29) is 6.10 Å². The summed E-state index contributed by atoms with van der Waals surface area (Å²) in [5.74, 6) is -1.08. The summed E-state index contributed by atoms with van der Waals surface area (Å²) in [6.07, 6.45) is 3.25. The standard InChI is InChI=1S/C13H12O4/c1-6-7-4-5-16-10(7)13(2,3)9-8(6)11(14)17-12(9)15/h4-5,10H,1-3H3. The Balaban J connectivity index is 2.31. The molecule has 1 atom stereocenters. The van der Waals surface area contributed by atoms with Crippen molar-refractivity contribution in [2.45, 2.75) is 26.9 Å². The van der Waals surface area contributed by atoms with Crippen LogP contribution in [0.2, 0.25) is 0 Å². The molecular formula is C13H12O4. The van der Waals surface area contributed by atoms with Gasteiger partial charge < -0.3 is 9.47 Å². The molecule has 0 radical (unpaired) electrons. The van der Waals surface area contributed by atoms with Crippen molar-refractivity contribution in [1.29, 1.82) is 0 Å². The average molecular weight is 232 g/mol. The number of fused-ring (bicyclic) bond motifs is 1. The van der Waals surface area contributed by atoms with Gasteiger partial charge in [0.25, 0.3) is 0 Å². The van der Waals surface area contributed by atoms with E-state index in [2.05, 4.69) is 0 Å². The lowest BCUT2D eigenvalue weighted by Gasteiger charge is -2.35. The number of hydrogen-bond acceptors (Lipinski definition) is 4. The maximum Gasteiger partial charge on any atom is 0.346 e. The molecule has 0 amide bonds. The van der Waals surface area contributed by atoms with Crippen LogP contribution in [0, 0.1) is 5.41 Å². The maximum absolute atomic E-state index is 11.8. The minimum atomic E-state index is -0.545. The third-order valence-electron chi connectivity index (χ3n) is 3.70. The number of ether oxygens (including phenoxy) is 2. The third-order valence-corrected chi connectivity index (χ3v) is 3.70. The topological polar surface area (TPSA) is 52.6 Å². The highest BCUT2D eigenvalue weighted by molar-refractivity contribution is 6.16. The first-order valence-electron chi connectivity index (χ1n) is 5.49. The second-order valence-electron chi connectivity index (χ2n) is 5.05. The summed E-state index contributed by atoms with van der Waals surface area (Å²) in [6, 6.07) is 0. The molecule has 0 fully saturated rings. The fraction of sp³-hybridized carbons (Fsp3) is 0.385. The molecule has 0 N–H and O–H groups in total. The van der Waals surface area contributed by atoms with Gasteiger partial charge in [-0.3, -0.25) is 0 Å². The second-order valence-corrected chi connectivity index (χ2v) is 5.05. The predicted octanol–water partition coefficient (Wildman–Crippen LogP) is 1.64. The summed E-state index contributed by atoms with van der Waals surface area (Å²) in [6.45, 7) is 5.62. The van der Waals surface area contributed by atoms with E-state index in [1.165, 1.54) is 0 Å². The van der Waals surface area contributed by atoms with Crippen LogP contribution >= 0.6 is 0 Å². The lowest BCUT2D eigenvalue weighted by Crippen LogP contribution is -2.37. The lowest BCUT2D eigenvalue weighted by atomic mass is 9.69. The van der Waals surface area contributed by atoms with Gasteiger partial charge in [0.2, 0.25) is 0 Å². The van der Waals surface area contributed by atoms with Crippen LogP contribution in [0.25, 0.3) is 0 Å². The van der Waals surface area contributed by atoms with E-state index >= 15 is 0 Å². The molecule has 17 heavy (non-hydrogen) atoms. The minimum absolute atomic E-state index is 0.209. The van der Waals surface area contributed by atoms with Crippen LogP contribution in [0.5, 0.6) is 0 Å². The quantitative estimate of drug-likeness (QED) is 0.470.